The Morgan fingerprint density at radius 1 is 1.15 bits per heavy atom. The maximum absolute atomic E-state index is 15.0. The van der Waals surface area contributed by atoms with E-state index in [1.807, 2.05) is 30.4 Å². The normalized spacial score (nSPS) is 28.2. The average molecular weight is 352 g/mol. The summed E-state index contributed by atoms with van der Waals surface area (Å²) in [7, 11) is 1.76. The molecule has 2 aliphatic carbocycles. The molecule has 3 rings (SSSR count). The van der Waals surface area contributed by atoms with E-state index >= 15 is 0 Å². The molecule has 1 unspecified atom stereocenters. The molecule has 26 heavy (non-hydrogen) atoms. The van der Waals surface area contributed by atoms with Crippen molar-refractivity contribution in [2.45, 2.75) is 50.6 Å². The first-order chi connectivity index (χ1) is 12.7. The lowest BCUT2D eigenvalue weighted by molar-refractivity contribution is 0.179. The summed E-state index contributed by atoms with van der Waals surface area (Å²) in [5.74, 6) is 7.34. The summed E-state index contributed by atoms with van der Waals surface area (Å²) in [5.41, 5.74) is 0.705. The van der Waals surface area contributed by atoms with Crippen LogP contribution in [-0.4, -0.2) is 19.4 Å². The van der Waals surface area contributed by atoms with Crippen LogP contribution < -0.4 is 0 Å². The Kier molecular flexibility index (Phi) is 6.69. The van der Waals surface area contributed by atoms with E-state index in [-0.39, 0.29) is 0 Å². The van der Waals surface area contributed by atoms with Crippen LogP contribution in [0, 0.1) is 23.7 Å². The second kappa shape index (κ2) is 9.19. The number of methoxy groups -OCH3 is 1. The maximum atomic E-state index is 15.0. The van der Waals surface area contributed by atoms with Gasteiger partial charge in [0, 0.05) is 26.1 Å². The van der Waals surface area contributed by atoms with Crippen molar-refractivity contribution in [3.63, 3.8) is 0 Å². The molecule has 2 heteroatoms. The summed E-state index contributed by atoms with van der Waals surface area (Å²) < 4.78 is 20.1. The number of allylic oxidation sites excluding steroid dienone is 4. The van der Waals surface area contributed by atoms with Gasteiger partial charge in [0.25, 0.3) is 0 Å². The zero-order valence-electron chi connectivity index (χ0n) is 15.7. The second-order valence-electron chi connectivity index (χ2n) is 7.55. The molecule has 0 saturated heterocycles. The van der Waals surface area contributed by atoms with Crippen LogP contribution in [0.3, 0.4) is 0 Å². The minimum absolute atomic E-state index is 0.340. The van der Waals surface area contributed by atoms with E-state index in [2.05, 4.69) is 24.0 Å². The lowest BCUT2D eigenvalue weighted by Gasteiger charge is -2.26. The molecule has 0 radical (unpaired) electrons. The summed E-state index contributed by atoms with van der Waals surface area (Å²) >= 11 is 0. The standard InChI is InChI=1S/C24H29FO/c1-26-19-5-6-20-9-11-21(12-10-20)13-16-24(25)17-14-23(15-18-24)22-7-3-2-4-8-22/h2-4,7-8,14-15,17,20-21H,5-6,9-12,18-19H2,1H3. The molecule has 0 bridgehead atoms. The van der Waals surface area contributed by atoms with E-state index in [1.165, 1.54) is 19.3 Å². The van der Waals surface area contributed by atoms with Gasteiger partial charge in [-0.2, -0.15) is 0 Å². The average Bonchev–Trinajstić information content (AvgIpc) is 2.69. The molecule has 0 spiro atoms. The largest absolute Gasteiger partial charge is 0.385 e. The van der Waals surface area contributed by atoms with Gasteiger partial charge in [0.05, 0.1) is 0 Å². The van der Waals surface area contributed by atoms with Gasteiger partial charge in [-0.15, -0.1) is 0 Å². The Hall–Kier alpha value is -1.85. The minimum atomic E-state index is -1.51. The van der Waals surface area contributed by atoms with Crippen LogP contribution in [0.25, 0.3) is 5.57 Å². The van der Waals surface area contributed by atoms with Crippen LogP contribution in [0.2, 0.25) is 0 Å². The summed E-state index contributed by atoms with van der Waals surface area (Å²) in [6, 6.07) is 10.1. The Morgan fingerprint density at radius 2 is 1.92 bits per heavy atom. The third-order valence-electron chi connectivity index (χ3n) is 5.54. The lowest BCUT2D eigenvalue weighted by atomic mass is 9.80. The van der Waals surface area contributed by atoms with Gasteiger partial charge in [-0.05, 0) is 61.7 Å². The Labute approximate surface area is 157 Å². The first kappa shape index (κ1) is 18.9. The highest BCUT2D eigenvalue weighted by Gasteiger charge is 2.26. The molecule has 0 heterocycles. The van der Waals surface area contributed by atoms with Gasteiger partial charge in [0.15, 0.2) is 5.67 Å². The van der Waals surface area contributed by atoms with Crippen molar-refractivity contribution in [1.82, 2.24) is 0 Å². The highest BCUT2D eigenvalue weighted by atomic mass is 19.1. The molecule has 1 fully saturated rings. The van der Waals surface area contributed by atoms with Crippen LogP contribution >= 0.6 is 0 Å². The van der Waals surface area contributed by atoms with Crippen LogP contribution in [-0.2, 0) is 4.74 Å². The number of alkyl halides is 1. The fourth-order valence-corrected chi connectivity index (χ4v) is 3.89. The zero-order valence-corrected chi connectivity index (χ0v) is 15.7. The van der Waals surface area contributed by atoms with Crippen molar-refractivity contribution in [3.8, 4) is 11.8 Å². The van der Waals surface area contributed by atoms with Crippen LogP contribution in [0.15, 0.2) is 48.6 Å². The molecule has 0 aliphatic heterocycles. The van der Waals surface area contributed by atoms with Crippen LogP contribution in [0.5, 0.6) is 0 Å². The first-order valence-electron chi connectivity index (χ1n) is 9.84. The van der Waals surface area contributed by atoms with Crippen LogP contribution in [0.1, 0.15) is 50.5 Å². The fraction of sp³-hybridized carbons (Fsp3) is 0.500. The molecule has 0 amide bonds. The van der Waals surface area contributed by atoms with Crippen molar-refractivity contribution < 1.29 is 9.13 Å². The SMILES string of the molecule is COCCCC1CCC(C#CC2(F)C=CC(c3ccccc3)=CC2)CC1. The molecular formula is C24H29FO. The van der Waals surface area contributed by atoms with Gasteiger partial charge >= 0.3 is 0 Å². The number of rotatable bonds is 5. The topological polar surface area (TPSA) is 9.23 Å². The van der Waals surface area contributed by atoms with Gasteiger partial charge in [-0.1, -0.05) is 54.3 Å². The highest BCUT2D eigenvalue weighted by Crippen LogP contribution is 2.33. The van der Waals surface area contributed by atoms with Gasteiger partial charge in [-0.3, -0.25) is 0 Å². The predicted molar refractivity (Wildman–Crippen MR) is 106 cm³/mol. The Balaban J connectivity index is 1.50. The molecule has 138 valence electrons. The van der Waals surface area contributed by atoms with Crippen LogP contribution in [0.4, 0.5) is 4.39 Å². The number of hydrogen-bond donors (Lipinski definition) is 0. The molecule has 1 aromatic carbocycles. The smallest absolute Gasteiger partial charge is 0.192 e. The van der Waals surface area contributed by atoms with E-state index < -0.39 is 5.67 Å². The summed E-state index contributed by atoms with van der Waals surface area (Å²) in [6.07, 6.45) is 12.9. The molecule has 0 aromatic heterocycles. The van der Waals surface area contributed by atoms with E-state index in [0.717, 1.165) is 42.9 Å². The summed E-state index contributed by atoms with van der Waals surface area (Å²) in [4.78, 5) is 0. The maximum Gasteiger partial charge on any atom is 0.192 e. The van der Waals surface area contributed by atoms with Crippen molar-refractivity contribution in [2.24, 2.45) is 11.8 Å². The molecular weight excluding hydrogens is 323 g/mol. The van der Waals surface area contributed by atoms with Gasteiger partial charge in [0.2, 0.25) is 0 Å². The predicted octanol–water partition coefficient (Wildman–Crippen LogP) is 5.97. The summed E-state index contributed by atoms with van der Waals surface area (Å²) in [5, 5.41) is 0. The van der Waals surface area contributed by atoms with Crippen molar-refractivity contribution in [2.75, 3.05) is 13.7 Å². The van der Waals surface area contributed by atoms with Crippen molar-refractivity contribution >= 4 is 5.57 Å². The van der Waals surface area contributed by atoms with Gasteiger partial charge in [0.1, 0.15) is 0 Å². The van der Waals surface area contributed by atoms with Crippen molar-refractivity contribution in [3.05, 3.63) is 54.1 Å². The fourth-order valence-electron chi connectivity index (χ4n) is 3.89. The number of hydrogen-bond acceptors (Lipinski definition) is 1. The number of halogens is 1. The van der Waals surface area contributed by atoms with E-state index in [1.54, 1.807) is 13.2 Å². The molecule has 1 aromatic rings. The van der Waals surface area contributed by atoms with E-state index in [9.17, 15) is 4.39 Å². The molecule has 0 N–H and O–H groups in total. The lowest BCUT2D eigenvalue weighted by Crippen LogP contribution is -2.20. The van der Waals surface area contributed by atoms with Gasteiger partial charge < -0.3 is 4.74 Å². The molecule has 1 atom stereocenters. The Bertz CT molecular complexity index is 686. The van der Waals surface area contributed by atoms with E-state index in [4.69, 9.17) is 4.74 Å². The van der Waals surface area contributed by atoms with E-state index in [0.29, 0.717) is 12.3 Å². The number of ether oxygens (including phenoxy) is 1. The minimum Gasteiger partial charge on any atom is -0.385 e. The first-order valence-corrected chi connectivity index (χ1v) is 9.84. The third-order valence-corrected chi connectivity index (χ3v) is 5.54. The third kappa shape index (κ3) is 5.32. The summed E-state index contributed by atoms with van der Waals surface area (Å²) in [6.45, 7) is 0.856. The van der Waals surface area contributed by atoms with Gasteiger partial charge in [-0.25, -0.2) is 4.39 Å². The molecule has 1 nitrogen and oxygen atoms in total. The highest BCUT2D eigenvalue weighted by molar-refractivity contribution is 5.75. The quantitative estimate of drug-likeness (QED) is 0.468. The second-order valence-corrected chi connectivity index (χ2v) is 7.55. The molecule has 2 aliphatic rings. The van der Waals surface area contributed by atoms with Crippen molar-refractivity contribution in [1.29, 1.82) is 0 Å². The molecule has 1 saturated carbocycles. The zero-order chi connectivity index (χ0) is 18.2. The Morgan fingerprint density at radius 3 is 2.58 bits per heavy atom. The number of benzene rings is 1. The monoisotopic (exact) mass is 352 g/mol.